The van der Waals surface area contributed by atoms with E-state index in [1.807, 2.05) is 44.3 Å². The van der Waals surface area contributed by atoms with E-state index in [2.05, 4.69) is 5.10 Å². The Labute approximate surface area is 95.3 Å². The maximum atomic E-state index is 10.6. The summed E-state index contributed by atoms with van der Waals surface area (Å²) in [6, 6.07) is 9.73. The first kappa shape index (κ1) is 10.9. The average molecular weight is 216 g/mol. The second kappa shape index (κ2) is 3.76. The van der Waals surface area contributed by atoms with Crippen molar-refractivity contribution in [2.45, 2.75) is 19.4 Å². The molecule has 0 bridgehead atoms. The summed E-state index contributed by atoms with van der Waals surface area (Å²) in [7, 11) is 1.83. The molecule has 2 aromatic rings. The van der Waals surface area contributed by atoms with Crippen molar-refractivity contribution in [2.24, 2.45) is 7.05 Å². The molecule has 84 valence electrons. The number of hydrogen-bond acceptors (Lipinski definition) is 2. The van der Waals surface area contributed by atoms with Crippen molar-refractivity contribution in [3.63, 3.8) is 0 Å². The normalized spacial score (nSPS) is 14.8. The number of rotatable bonds is 2. The minimum Gasteiger partial charge on any atom is -0.379 e. The van der Waals surface area contributed by atoms with Crippen LogP contribution in [0.2, 0.25) is 0 Å². The van der Waals surface area contributed by atoms with Gasteiger partial charge in [-0.1, -0.05) is 29.8 Å². The second-order valence-corrected chi connectivity index (χ2v) is 4.28. The van der Waals surface area contributed by atoms with E-state index in [0.29, 0.717) is 0 Å². The van der Waals surface area contributed by atoms with Gasteiger partial charge in [-0.3, -0.25) is 4.68 Å². The smallest absolute Gasteiger partial charge is 0.128 e. The van der Waals surface area contributed by atoms with Crippen molar-refractivity contribution in [1.82, 2.24) is 9.78 Å². The van der Waals surface area contributed by atoms with E-state index in [1.165, 1.54) is 5.56 Å². The maximum absolute atomic E-state index is 10.6. The SMILES string of the molecule is Cc1ccc(C(C)(O)c2ccnn2C)cc1. The summed E-state index contributed by atoms with van der Waals surface area (Å²) in [4.78, 5) is 0. The van der Waals surface area contributed by atoms with Crippen molar-refractivity contribution in [2.75, 3.05) is 0 Å². The molecular weight excluding hydrogens is 200 g/mol. The summed E-state index contributed by atoms with van der Waals surface area (Å²) in [6.07, 6.45) is 1.69. The van der Waals surface area contributed by atoms with Gasteiger partial charge in [0, 0.05) is 13.2 Å². The van der Waals surface area contributed by atoms with E-state index >= 15 is 0 Å². The Balaban J connectivity index is 2.46. The molecule has 1 heterocycles. The molecule has 3 heteroatoms. The quantitative estimate of drug-likeness (QED) is 0.833. The minimum absolute atomic E-state index is 0.788. The molecule has 0 fully saturated rings. The predicted molar refractivity (Wildman–Crippen MR) is 63.1 cm³/mol. The van der Waals surface area contributed by atoms with Crippen LogP contribution in [0.5, 0.6) is 0 Å². The summed E-state index contributed by atoms with van der Waals surface area (Å²) in [5, 5.41) is 14.6. The molecule has 1 aromatic carbocycles. The van der Waals surface area contributed by atoms with Crippen LogP contribution in [0.4, 0.5) is 0 Å². The lowest BCUT2D eigenvalue weighted by Gasteiger charge is -2.24. The zero-order valence-corrected chi connectivity index (χ0v) is 9.81. The third kappa shape index (κ3) is 1.74. The van der Waals surface area contributed by atoms with E-state index < -0.39 is 5.60 Å². The Hall–Kier alpha value is -1.61. The van der Waals surface area contributed by atoms with Crippen LogP contribution in [-0.2, 0) is 12.6 Å². The zero-order chi connectivity index (χ0) is 11.8. The maximum Gasteiger partial charge on any atom is 0.128 e. The van der Waals surface area contributed by atoms with Gasteiger partial charge >= 0.3 is 0 Å². The Kier molecular flexibility index (Phi) is 2.56. The van der Waals surface area contributed by atoms with Crippen molar-refractivity contribution in [1.29, 1.82) is 0 Å². The molecule has 3 nitrogen and oxygen atoms in total. The molecule has 0 saturated carbocycles. The first-order chi connectivity index (χ1) is 7.51. The third-order valence-electron chi connectivity index (χ3n) is 2.93. The molecule has 0 aliphatic heterocycles. The molecular formula is C13H16N2O. The highest BCUT2D eigenvalue weighted by Crippen LogP contribution is 2.28. The Morgan fingerprint density at radius 1 is 1.19 bits per heavy atom. The number of aromatic nitrogens is 2. The largest absolute Gasteiger partial charge is 0.379 e. The van der Waals surface area contributed by atoms with Gasteiger partial charge < -0.3 is 5.11 Å². The fourth-order valence-corrected chi connectivity index (χ4v) is 1.88. The molecule has 0 aliphatic rings. The van der Waals surface area contributed by atoms with Gasteiger partial charge in [0.05, 0.1) is 5.69 Å². The van der Waals surface area contributed by atoms with E-state index in [1.54, 1.807) is 17.8 Å². The Bertz CT molecular complexity index is 483. The van der Waals surface area contributed by atoms with Crippen LogP contribution in [0.3, 0.4) is 0 Å². The van der Waals surface area contributed by atoms with Crippen LogP contribution in [0.15, 0.2) is 36.5 Å². The molecule has 0 saturated heterocycles. The van der Waals surface area contributed by atoms with E-state index in [9.17, 15) is 5.11 Å². The highest BCUT2D eigenvalue weighted by Gasteiger charge is 2.28. The first-order valence-corrected chi connectivity index (χ1v) is 5.30. The lowest BCUT2D eigenvalue weighted by Crippen LogP contribution is -2.26. The Morgan fingerprint density at radius 2 is 1.81 bits per heavy atom. The molecule has 0 aliphatic carbocycles. The van der Waals surface area contributed by atoms with Crippen LogP contribution >= 0.6 is 0 Å². The summed E-state index contributed by atoms with van der Waals surface area (Å²) in [6.45, 7) is 3.82. The summed E-state index contributed by atoms with van der Waals surface area (Å²) in [5.41, 5.74) is 1.85. The van der Waals surface area contributed by atoms with Crippen LogP contribution < -0.4 is 0 Å². The first-order valence-electron chi connectivity index (χ1n) is 5.30. The lowest BCUT2D eigenvalue weighted by atomic mass is 9.92. The van der Waals surface area contributed by atoms with Gasteiger partial charge in [0.25, 0.3) is 0 Å². The van der Waals surface area contributed by atoms with Crippen LogP contribution in [0.25, 0.3) is 0 Å². The Morgan fingerprint density at radius 3 is 2.31 bits per heavy atom. The molecule has 0 amide bonds. The van der Waals surface area contributed by atoms with Crippen LogP contribution in [-0.4, -0.2) is 14.9 Å². The topological polar surface area (TPSA) is 38.1 Å². The number of aliphatic hydroxyl groups is 1. The van der Waals surface area contributed by atoms with E-state index in [0.717, 1.165) is 11.3 Å². The summed E-state index contributed by atoms with van der Waals surface area (Å²) < 4.78 is 1.69. The van der Waals surface area contributed by atoms with Crippen molar-refractivity contribution in [3.05, 3.63) is 53.3 Å². The third-order valence-corrected chi connectivity index (χ3v) is 2.93. The number of benzene rings is 1. The average Bonchev–Trinajstić information content (AvgIpc) is 2.66. The fraction of sp³-hybridized carbons (Fsp3) is 0.308. The van der Waals surface area contributed by atoms with E-state index in [4.69, 9.17) is 0 Å². The van der Waals surface area contributed by atoms with Gasteiger partial charge in [-0.25, -0.2) is 0 Å². The molecule has 16 heavy (non-hydrogen) atoms. The van der Waals surface area contributed by atoms with E-state index in [-0.39, 0.29) is 0 Å². The lowest BCUT2D eigenvalue weighted by molar-refractivity contribution is 0.0929. The number of nitrogens with zero attached hydrogens (tertiary/aromatic N) is 2. The van der Waals surface area contributed by atoms with Gasteiger partial charge in [0.1, 0.15) is 5.60 Å². The fourth-order valence-electron chi connectivity index (χ4n) is 1.88. The van der Waals surface area contributed by atoms with Gasteiger partial charge in [-0.2, -0.15) is 5.10 Å². The number of aryl methyl sites for hydroxylation is 2. The predicted octanol–water partition coefficient (Wildman–Crippen LogP) is 1.98. The molecule has 1 atom stereocenters. The van der Waals surface area contributed by atoms with Crippen LogP contribution in [0.1, 0.15) is 23.7 Å². The molecule has 0 spiro atoms. The van der Waals surface area contributed by atoms with Gasteiger partial charge in [-0.15, -0.1) is 0 Å². The number of hydrogen-bond donors (Lipinski definition) is 1. The molecule has 0 radical (unpaired) electrons. The molecule has 2 rings (SSSR count). The zero-order valence-electron chi connectivity index (χ0n) is 9.81. The van der Waals surface area contributed by atoms with Crippen molar-refractivity contribution in [3.8, 4) is 0 Å². The molecule has 1 aromatic heterocycles. The second-order valence-electron chi connectivity index (χ2n) is 4.28. The highest BCUT2D eigenvalue weighted by atomic mass is 16.3. The van der Waals surface area contributed by atoms with Crippen molar-refractivity contribution >= 4 is 0 Å². The molecule has 1 unspecified atom stereocenters. The van der Waals surface area contributed by atoms with Crippen LogP contribution in [0, 0.1) is 6.92 Å². The highest BCUT2D eigenvalue weighted by molar-refractivity contribution is 5.32. The minimum atomic E-state index is -1.00. The molecule has 1 N–H and O–H groups in total. The standard InChI is InChI=1S/C13H16N2O/c1-10-4-6-11(7-5-10)13(2,16)12-8-9-14-15(12)3/h4-9,16H,1-3H3. The van der Waals surface area contributed by atoms with Gasteiger partial charge in [0.15, 0.2) is 0 Å². The summed E-state index contributed by atoms with van der Waals surface area (Å²) >= 11 is 0. The monoisotopic (exact) mass is 216 g/mol. The summed E-state index contributed by atoms with van der Waals surface area (Å²) in [5.74, 6) is 0. The van der Waals surface area contributed by atoms with Gasteiger partial charge in [0.2, 0.25) is 0 Å². The van der Waals surface area contributed by atoms with Gasteiger partial charge in [-0.05, 0) is 25.5 Å². The van der Waals surface area contributed by atoms with Crippen molar-refractivity contribution < 1.29 is 5.11 Å².